The van der Waals surface area contributed by atoms with Crippen LogP contribution in [0.3, 0.4) is 0 Å². The van der Waals surface area contributed by atoms with Crippen molar-refractivity contribution in [2.75, 3.05) is 0 Å². The molecule has 0 amide bonds. The summed E-state index contributed by atoms with van der Waals surface area (Å²) in [5.74, 6) is 0. The largest absolute Gasteiger partial charge is 0.145 e. The summed E-state index contributed by atoms with van der Waals surface area (Å²) in [5.41, 5.74) is 6.21. The summed E-state index contributed by atoms with van der Waals surface area (Å²) >= 11 is 0. The summed E-state index contributed by atoms with van der Waals surface area (Å²) in [6, 6.07) is 13.9. The van der Waals surface area contributed by atoms with Gasteiger partial charge in [-0.15, -0.1) is 4.91 Å². The normalized spacial score (nSPS) is 9.52. The van der Waals surface area contributed by atoms with Crippen LogP contribution in [0.4, 0.5) is 5.69 Å². The van der Waals surface area contributed by atoms with Gasteiger partial charge in [0.05, 0.1) is 0 Å². The minimum Gasteiger partial charge on any atom is -0.145 e. The molecular weight excluding hydrogens is 258 g/mol. The molecule has 0 fully saturated rings. The second kappa shape index (κ2) is 8.15. The zero-order valence-corrected chi connectivity index (χ0v) is 13.3. The van der Waals surface area contributed by atoms with Gasteiger partial charge in [-0.2, -0.15) is 0 Å². The molecule has 0 atom stereocenters. The van der Waals surface area contributed by atoms with Crippen molar-refractivity contribution in [3.63, 3.8) is 0 Å². The summed E-state index contributed by atoms with van der Waals surface area (Å²) in [6.07, 6.45) is 0.786. The van der Waals surface area contributed by atoms with Crippen LogP contribution < -0.4 is 0 Å². The number of aryl methyl sites for hydroxylation is 2. The molecule has 0 N–H and O–H groups in total. The van der Waals surface area contributed by atoms with Gasteiger partial charge in [0.2, 0.25) is 0 Å². The maximum atomic E-state index is 10.5. The molecule has 0 saturated heterocycles. The fourth-order valence-corrected chi connectivity index (χ4v) is 2.06. The van der Waals surface area contributed by atoms with E-state index in [4.69, 9.17) is 0 Å². The van der Waals surface area contributed by atoms with E-state index in [2.05, 4.69) is 42.9 Å². The highest BCUT2D eigenvalue weighted by atomic mass is 16.3. The molecule has 2 nitrogen and oxygen atoms in total. The highest BCUT2D eigenvalue weighted by Crippen LogP contribution is 2.23. The Balaban J connectivity index is 0.00000106. The molecule has 0 aliphatic rings. The molecule has 0 radical (unpaired) electrons. The number of nitroso groups, excluding NO2 is 1. The molecule has 0 aromatic heterocycles. The molecule has 0 aliphatic heterocycles. The van der Waals surface area contributed by atoms with E-state index >= 15 is 0 Å². The minimum atomic E-state index is 0.474. The first-order valence-corrected chi connectivity index (χ1v) is 7.28. The van der Waals surface area contributed by atoms with E-state index in [1.54, 1.807) is 6.07 Å². The van der Waals surface area contributed by atoms with E-state index in [0.717, 1.165) is 23.1 Å². The van der Waals surface area contributed by atoms with Crippen LogP contribution in [0.2, 0.25) is 0 Å². The van der Waals surface area contributed by atoms with Gasteiger partial charge in [-0.3, -0.25) is 0 Å². The monoisotopic (exact) mass is 281 g/mol. The van der Waals surface area contributed by atoms with Crippen molar-refractivity contribution in [3.8, 4) is 0 Å². The smallest absolute Gasteiger partial charge is 0.108 e. The molecule has 0 bridgehead atoms. The minimum absolute atomic E-state index is 0.474. The van der Waals surface area contributed by atoms with Gasteiger partial charge in [0, 0.05) is 0 Å². The predicted molar refractivity (Wildman–Crippen MR) is 91.9 cm³/mol. The van der Waals surface area contributed by atoms with Gasteiger partial charge in [-0.05, 0) is 59.8 Å². The van der Waals surface area contributed by atoms with Gasteiger partial charge in [-0.1, -0.05) is 56.3 Å². The van der Waals surface area contributed by atoms with E-state index in [0.29, 0.717) is 5.69 Å². The summed E-state index contributed by atoms with van der Waals surface area (Å²) in [7, 11) is 0. The molecule has 2 heteroatoms. The number of allylic oxidation sites excluding steroid dienone is 1. The molecule has 0 aliphatic carbocycles. The van der Waals surface area contributed by atoms with E-state index in [9.17, 15) is 4.91 Å². The fraction of sp³-hybridized carbons (Fsp3) is 0.263. The molecule has 0 unspecified atom stereocenters. The van der Waals surface area contributed by atoms with Gasteiger partial charge in [0.1, 0.15) is 5.69 Å². The second-order valence-corrected chi connectivity index (χ2v) is 4.85. The fourth-order valence-electron chi connectivity index (χ4n) is 2.06. The lowest BCUT2D eigenvalue weighted by Gasteiger charge is -2.09. The molecule has 0 saturated carbocycles. The Labute approximate surface area is 127 Å². The average molecular weight is 281 g/mol. The summed E-state index contributed by atoms with van der Waals surface area (Å²) in [5, 5.41) is 2.95. The van der Waals surface area contributed by atoms with Crippen LogP contribution in [0.5, 0.6) is 0 Å². The van der Waals surface area contributed by atoms with Crippen LogP contribution in [0, 0.1) is 18.8 Å². The van der Waals surface area contributed by atoms with E-state index in [-0.39, 0.29) is 0 Å². The third-order valence-electron chi connectivity index (χ3n) is 3.30. The van der Waals surface area contributed by atoms with E-state index < -0.39 is 0 Å². The van der Waals surface area contributed by atoms with Crippen molar-refractivity contribution in [2.45, 2.75) is 34.1 Å². The zero-order chi connectivity index (χ0) is 15.8. The number of hydrogen-bond acceptors (Lipinski definition) is 2. The Bertz CT molecular complexity index is 612. The second-order valence-electron chi connectivity index (χ2n) is 4.85. The lowest BCUT2D eigenvalue weighted by atomic mass is 9.96. The lowest BCUT2D eigenvalue weighted by molar-refractivity contribution is 1.22. The molecule has 2 rings (SSSR count). The molecule has 21 heavy (non-hydrogen) atoms. The number of rotatable bonds is 4. The molecule has 0 heterocycles. The third kappa shape index (κ3) is 4.67. The van der Waals surface area contributed by atoms with E-state index in [1.165, 1.54) is 11.1 Å². The summed E-state index contributed by atoms with van der Waals surface area (Å²) in [6.45, 7) is 12.2. The number of nitrogens with zero attached hydrogens (tertiary/aromatic N) is 1. The van der Waals surface area contributed by atoms with Crippen LogP contribution in [-0.4, -0.2) is 0 Å². The average Bonchev–Trinajstić information content (AvgIpc) is 2.51. The SMILES string of the molecule is C=C(Cc1ccc(N=O)cc1C)c1ccc(C)cc1.CC. The Hall–Kier alpha value is -2.22. The third-order valence-corrected chi connectivity index (χ3v) is 3.30. The molecular formula is C19H23NO. The van der Waals surface area contributed by atoms with Gasteiger partial charge < -0.3 is 0 Å². The predicted octanol–water partition coefficient (Wildman–Crippen LogP) is 5.98. The van der Waals surface area contributed by atoms with Crippen molar-refractivity contribution in [3.05, 3.63) is 76.2 Å². The first-order valence-electron chi connectivity index (χ1n) is 7.28. The maximum absolute atomic E-state index is 10.5. The standard InChI is InChI=1S/C17H17NO.C2H6/c1-12-4-6-15(7-5-12)13(2)10-16-8-9-17(18-19)11-14(16)3;1-2/h4-9,11H,2,10H2,1,3H3;1-2H3. The first kappa shape index (κ1) is 16.8. The van der Waals surface area contributed by atoms with Gasteiger partial charge in [0.25, 0.3) is 0 Å². The van der Waals surface area contributed by atoms with Crippen LogP contribution in [-0.2, 0) is 6.42 Å². The van der Waals surface area contributed by atoms with Crippen LogP contribution in [0.15, 0.2) is 54.2 Å². The quantitative estimate of drug-likeness (QED) is 0.633. The van der Waals surface area contributed by atoms with Gasteiger partial charge >= 0.3 is 0 Å². The highest BCUT2D eigenvalue weighted by molar-refractivity contribution is 5.66. The Morgan fingerprint density at radius 1 is 1.05 bits per heavy atom. The Kier molecular flexibility index (Phi) is 6.54. The van der Waals surface area contributed by atoms with Crippen molar-refractivity contribution in [1.82, 2.24) is 0 Å². The highest BCUT2D eigenvalue weighted by Gasteiger charge is 2.04. The van der Waals surface area contributed by atoms with Crippen molar-refractivity contribution in [2.24, 2.45) is 5.18 Å². The van der Waals surface area contributed by atoms with Crippen molar-refractivity contribution < 1.29 is 0 Å². The Morgan fingerprint density at radius 2 is 1.67 bits per heavy atom. The van der Waals surface area contributed by atoms with Gasteiger partial charge in [-0.25, -0.2) is 0 Å². The van der Waals surface area contributed by atoms with Crippen LogP contribution in [0.25, 0.3) is 5.57 Å². The van der Waals surface area contributed by atoms with Gasteiger partial charge in [0.15, 0.2) is 0 Å². The zero-order valence-electron chi connectivity index (χ0n) is 13.3. The topological polar surface area (TPSA) is 29.4 Å². The van der Waals surface area contributed by atoms with Crippen molar-refractivity contribution in [1.29, 1.82) is 0 Å². The number of benzene rings is 2. The molecule has 0 spiro atoms. The lowest BCUT2D eigenvalue weighted by Crippen LogP contribution is -1.92. The first-order chi connectivity index (χ1) is 10.1. The molecule has 110 valence electrons. The number of hydrogen-bond donors (Lipinski definition) is 0. The maximum Gasteiger partial charge on any atom is 0.108 e. The summed E-state index contributed by atoms with van der Waals surface area (Å²) in [4.78, 5) is 10.5. The summed E-state index contributed by atoms with van der Waals surface area (Å²) < 4.78 is 0. The van der Waals surface area contributed by atoms with E-state index in [1.807, 2.05) is 32.9 Å². The van der Waals surface area contributed by atoms with Crippen LogP contribution in [0.1, 0.15) is 36.1 Å². The van der Waals surface area contributed by atoms with Crippen molar-refractivity contribution >= 4 is 11.3 Å². The Morgan fingerprint density at radius 3 is 2.19 bits per heavy atom. The molecule has 2 aromatic rings. The van der Waals surface area contributed by atoms with Crippen LogP contribution >= 0.6 is 0 Å². The molecule has 2 aromatic carbocycles.